The van der Waals surface area contributed by atoms with Gasteiger partial charge < -0.3 is 0 Å². The number of hydrogen-bond acceptors (Lipinski definition) is 0. The van der Waals surface area contributed by atoms with E-state index in [0.29, 0.717) is 0 Å². The van der Waals surface area contributed by atoms with Crippen molar-refractivity contribution in [2.24, 2.45) is 0 Å². The van der Waals surface area contributed by atoms with Crippen LogP contribution in [0.3, 0.4) is 0 Å². The molecule has 1 aromatic carbocycles. The minimum atomic E-state index is 0. The summed E-state index contributed by atoms with van der Waals surface area (Å²) in [5, 5.41) is 0.794. The van der Waals surface area contributed by atoms with Crippen molar-refractivity contribution < 1.29 is 43.4 Å². The van der Waals surface area contributed by atoms with Crippen LogP contribution in [0.2, 0.25) is 5.02 Å². The molecular formula is C28H30Cl2Ti2. The number of allylic oxidation sites excluding steroid dienone is 16. The van der Waals surface area contributed by atoms with Crippen LogP contribution >= 0.6 is 23.2 Å². The molecule has 32 heavy (non-hydrogen) atoms. The molecule has 0 fully saturated rings. The minimum Gasteiger partial charge on any atom is -0.273 e. The topological polar surface area (TPSA) is 0 Å². The van der Waals surface area contributed by atoms with Crippen molar-refractivity contribution >= 4 is 23.2 Å². The van der Waals surface area contributed by atoms with Crippen molar-refractivity contribution in [2.75, 3.05) is 5.88 Å². The molecule has 5 rings (SSSR count). The number of hydrogen-bond donors (Lipinski definition) is 0. The molecule has 0 N–H and O–H groups in total. The van der Waals surface area contributed by atoms with Gasteiger partial charge in [0.2, 0.25) is 0 Å². The standard InChI is InChI=1S/C6H5Cl.4C5H5.C2H5Cl.2Ti/c7-6-4-2-1-3-5-6;4*1-2-4-5-3-1;1-2-3;;/h1-5H;4*1-3H,4H2;2H2,1H3;;/q;4*-1;;2*+2. The first-order valence-corrected chi connectivity index (χ1v) is 10.9. The Labute approximate surface area is 236 Å². The first-order valence-electron chi connectivity index (χ1n) is 9.94. The molecule has 0 nitrogen and oxygen atoms in total. The summed E-state index contributed by atoms with van der Waals surface area (Å²) in [4.78, 5) is 0. The van der Waals surface area contributed by atoms with Gasteiger partial charge in [0.05, 0.1) is 0 Å². The van der Waals surface area contributed by atoms with Crippen molar-refractivity contribution in [2.45, 2.75) is 32.6 Å². The SMILES string of the molecule is CCCl.Clc1ccccc1.[C-]1=CC=CC1.[C-]1=CC=CC1.[C-]1=CC=CC1.[C-]1=CC=CC1.[Ti+2].[Ti+2]. The molecule has 0 unspecified atom stereocenters. The predicted octanol–water partition coefficient (Wildman–Crippen LogP) is 8.80. The predicted molar refractivity (Wildman–Crippen MR) is 134 cm³/mol. The Bertz CT molecular complexity index is 597. The summed E-state index contributed by atoms with van der Waals surface area (Å²) in [6.45, 7) is 1.89. The third kappa shape index (κ3) is 31.3. The molecule has 0 saturated carbocycles. The maximum Gasteiger partial charge on any atom is 2.00 e. The molecule has 0 atom stereocenters. The van der Waals surface area contributed by atoms with E-state index in [4.69, 9.17) is 23.2 Å². The summed E-state index contributed by atoms with van der Waals surface area (Å²) in [6.07, 6.45) is 40.0. The van der Waals surface area contributed by atoms with E-state index in [2.05, 4.69) is 48.6 Å². The maximum absolute atomic E-state index is 5.54. The molecule has 4 aliphatic carbocycles. The molecule has 0 aromatic heterocycles. The number of alkyl halides is 1. The van der Waals surface area contributed by atoms with Crippen LogP contribution in [0.4, 0.5) is 0 Å². The second kappa shape index (κ2) is 32.3. The first kappa shape index (κ1) is 35.7. The zero-order valence-electron chi connectivity index (χ0n) is 18.6. The van der Waals surface area contributed by atoms with E-state index in [1.54, 1.807) is 0 Å². The molecule has 0 heterocycles. The van der Waals surface area contributed by atoms with E-state index in [0.717, 1.165) is 36.6 Å². The van der Waals surface area contributed by atoms with Crippen LogP contribution in [0, 0.1) is 24.3 Å². The van der Waals surface area contributed by atoms with E-state index in [1.165, 1.54) is 0 Å². The Hall–Kier alpha value is -0.851. The molecular weight excluding hydrogens is 503 g/mol. The quantitative estimate of drug-likeness (QED) is 0.178. The third-order valence-corrected chi connectivity index (χ3v) is 3.33. The Morgan fingerprint density at radius 2 is 0.906 bits per heavy atom. The van der Waals surface area contributed by atoms with Gasteiger partial charge in [-0.1, -0.05) is 36.7 Å². The smallest absolute Gasteiger partial charge is 0.273 e. The fourth-order valence-electron chi connectivity index (χ4n) is 1.78. The molecule has 0 spiro atoms. The molecule has 164 valence electrons. The maximum atomic E-state index is 5.54. The minimum absolute atomic E-state index is 0. The fourth-order valence-corrected chi connectivity index (χ4v) is 1.92. The van der Waals surface area contributed by atoms with Gasteiger partial charge in [-0.2, -0.15) is 24.3 Å². The number of halogens is 2. The summed E-state index contributed by atoms with van der Waals surface area (Å²) >= 11 is 10.5. The third-order valence-electron chi connectivity index (χ3n) is 3.08. The Balaban J connectivity index is -0.000000316. The number of rotatable bonds is 0. The van der Waals surface area contributed by atoms with Crippen LogP contribution < -0.4 is 0 Å². The van der Waals surface area contributed by atoms with Gasteiger partial charge in [0.1, 0.15) is 0 Å². The van der Waals surface area contributed by atoms with Gasteiger partial charge in [0.25, 0.3) is 0 Å². The zero-order chi connectivity index (χ0) is 22.0. The molecule has 4 aliphatic rings. The second-order valence-electron chi connectivity index (χ2n) is 5.58. The molecule has 0 saturated heterocycles. The molecule has 0 aliphatic heterocycles. The first-order chi connectivity index (χ1) is 14.8. The van der Waals surface area contributed by atoms with Gasteiger partial charge in [0.15, 0.2) is 0 Å². The molecule has 1 aromatic rings. The van der Waals surface area contributed by atoms with Crippen molar-refractivity contribution in [3.05, 3.63) is 133 Å². The molecule has 0 radical (unpaired) electrons. The van der Waals surface area contributed by atoms with Gasteiger partial charge in [-0.15, -0.1) is 37.3 Å². The Morgan fingerprint density at radius 3 is 1.00 bits per heavy atom. The van der Waals surface area contributed by atoms with Crippen LogP contribution in [0.5, 0.6) is 0 Å². The molecule has 0 amide bonds. The van der Waals surface area contributed by atoms with Crippen molar-refractivity contribution in [3.63, 3.8) is 0 Å². The van der Waals surface area contributed by atoms with E-state index in [-0.39, 0.29) is 43.4 Å². The van der Waals surface area contributed by atoms with Gasteiger partial charge in [0, 0.05) is 10.9 Å². The van der Waals surface area contributed by atoms with E-state index < -0.39 is 0 Å². The summed E-state index contributed by atoms with van der Waals surface area (Å²) < 4.78 is 0. The van der Waals surface area contributed by atoms with E-state index >= 15 is 0 Å². The van der Waals surface area contributed by atoms with E-state index in [9.17, 15) is 0 Å². The van der Waals surface area contributed by atoms with Crippen molar-refractivity contribution in [1.82, 2.24) is 0 Å². The number of benzene rings is 1. The van der Waals surface area contributed by atoms with Gasteiger partial charge in [-0.3, -0.25) is 24.3 Å². The Kier molecular flexibility index (Phi) is 36.1. The van der Waals surface area contributed by atoms with Crippen LogP contribution in [0.15, 0.2) is 103 Å². The van der Waals surface area contributed by atoms with Gasteiger partial charge >= 0.3 is 43.4 Å². The fraction of sp³-hybridized carbons (Fsp3) is 0.214. The van der Waals surface area contributed by atoms with Crippen LogP contribution in [0.25, 0.3) is 0 Å². The van der Waals surface area contributed by atoms with Gasteiger partial charge in [-0.25, -0.2) is 48.6 Å². The van der Waals surface area contributed by atoms with Crippen molar-refractivity contribution in [3.8, 4) is 0 Å². The monoisotopic (exact) mass is 532 g/mol. The normalized spacial score (nSPS) is 13.5. The second-order valence-corrected chi connectivity index (χ2v) is 6.55. The van der Waals surface area contributed by atoms with Crippen molar-refractivity contribution in [1.29, 1.82) is 0 Å². The summed E-state index contributed by atoms with van der Waals surface area (Å²) in [7, 11) is 0. The summed E-state index contributed by atoms with van der Waals surface area (Å²) in [5.74, 6) is 0.722. The average molecular weight is 533 g/mol. The van der Waals surface area contributed by atoms with Crippen LogP contribution in [0.1, 0.15) is 32.6 Å². The summed E-state index contributed by atoms with van der Waals surface area (Å²) in [5.41, 5.74) is 0. The Morgan fingerprint density at radius 1 is 0.625 bits per heavy atom. The van der Waals surface area contributed by atoms with E-state index in [1.807, 2.05) is 85.9 Å². The molecule has 4 heteroatoms. The molecule has 0 bridgehead atoms. The van der Waals surface area contributed by atoms with Gasteiger partial charge in [-0.05, 0) is 12.1 Å². The van der Waals surface area contributed by atoms with Crippen LogP contribution in [-0.4, -0.2) is 5.88 Å². The van der Waals surface area contributed by atoms with Crippen LogP contribution in [-0.2, 0) is 43.4 Å². The summed E-state index contributed by atoms with van der Waals surface area (Å²) in [6, 6.07) is 9.44. The average Bonchev–Trinajstić information content (AvgIpc) is 3.63. The largest absolute Gasteiger partial charge is 2.00 e. The zero-order valence-corrected chi connectivity index (χ0v) is 23.2.